The number of carbonyl (C=O) groups is 1. The minimum Gasteiger partial charge on any atom is -0.496 e. The second kappa shape index (κ2) is 5.04. The minimum absolute atomic E-state index is 0.287. The molecule has 0 aliphatic rings. The van der Waals surface area contributed by atoms with Crippen LogP contribution in [0.15, 0.2) is 24.3 Å². The topological polar surface area (TPSA) is 65.2 Å². The summed E-state index contributed by atoms with van der Waals surface area (Å²) < 4.78 is 5.33. The number of hydrogen-bond acceptors (Lipinski definition) is 3. The van der Waals surface area contributed by atoms with Crippen LogP contribution in [0.1, 0.15) is 17.7 Å². The highest BCUT2D eigenvalue weighted by molar-refractivity contribution is 5.86. The fraction of sp³-hybridized carbons (Fsp3) is 0.286. The number of benzene rings is 1. The highest BCUT2D eigenvalue weighted by Gasteiger charge is 2.06. The number of rotatable bonds is 4. The number of nitrogens with two attached hydrogens (primary N) is 1. The maximum atomic E-state index is 10.8. The number of primary amides is 1. The van der Waals surface area contributed by atoms with Gasteiger partial charge in [-0.1, -0.05) is 6.07 Å². The average molecular weight is 244 g/mol. The number of methoxy groups -OCH3 is 1. The van der Waals surface area contributed by atoms with Crippen LogP contribution in [-0.2, 0) is 11.2 Å². The van der Waals surface area contributed by atoms with Crippen LogP contribution in [0.5, 0.6) is 5.75 Å². The lowest BCUT2D eigenvalue weighted by Crippen LogP contribution is -2.11. The van der Waals surface area contributed by atoms with Crippen molar-refractivity contribution in [1.82, 2.24) is 4.98 Å². The molecule has 4 heteroatoms. The first-order valence-corrected chi connectivity index (χ1v) is 5.82. The third-order valence-corrected chi connectivity index (χ3v) is 2.84. The van der Waals surface area contributed by atoms with E-state index in [1.165, 1.54) is 0 Å². The van der Waals surface area contributed by atoms with E-state index in [1.54, 1.807) is 7.11 Å². The Balaban J connectivity index is 2.41. The molecule has 0 aliphatic heterocycles. The summed E-state index contributed by atoms with van der Waals surface area (Å²) in [7, 11) is 1.65. The van der Waals surface area contributed by atoms with Crippen molar-refractivity contribution in [1.29, 1.82) is 0 Å². The summed E-state index contributed by atoms with van der Waals surface area (Å²) >= 11 is 0. The molecule has 0 spiro atoms. The first-order valence-electron chi connectivity index (χ1n) is 5.82. The van der Waals surface area contributed by atoms with Crippen molar-refractivity contribution < 1.29 is 9.53 Å². The van der Waals surface area contributed by atoms with E-state index in [0.29, 0.717) is 12.8 Å². The van der Waals surface area contributed by atoms with Crippen molar-refractivity contribution in [2.45, 2.75) is 19.8 Å². The number of aryl methyl sites for hydroxylation is 2. The minimum atomic E-state index is -0.287. The highest BCUT2D eigenvalue weighted by Crippen LogP contribution is 2.26. The molecule has 1 aromatic heterocycles. The van der Waals surface area contributed by atoms with Crippen LogP contribution in [0.25, 0.3) is 10.9 Å². The Morgan fingerprint density at radius 2 is 2.17 bits per heavy atom. The van der Waals surface area contributed by atoms with E-state index >= 15 is 0 Å². The fourth-order valence-corrected chi connectivity index (χ4v) is 1.96. The third kappa shape index (κ3) is 2.59. The zero-order valence-corrected chi connectivity index (χ0v) is 10.6. The Morgan fingerprint density at radius 1 is 1.39 bits per heavy atom. The molecule has 0 radical (unpaired) electrons. The second-order valence-corrected chi connectivity index (χ2v) is 4.28. The number of amides is 1. The Hall–Kier alpha value is -2.10. The predicted octanol–water partition coefficient (Wildman–Crippen LogP) is 1.97. The summed E-state index contributed by atoms with van der Waals surface area (Å²) in [5, 5.41) is 0.978. The molecule has 0 aliphatic carbocycles. The summed E-state index contributed by atoms with van der Waals surface area (Å²) in [6.07, 6.45) is 0.998. The van der Waals surface area contributed by atoms with Gasteiger partial charge in [0.05, 0.1) is 12.6 Å². The van der Waals surface area contributed by atoms with Gasteiger partial charge in [-0.05, 0) is 31.0 Å². The van der Waals surface area contributed by atoms with Crippen LogP contribution < -0.4 is 10.5 Å². The maximum Gasteiger partial charge on any atom is 0.217 e. The van der Waals surface area contributed by atoms with E-state index in [0.717, 1.165) is 27.9 Å². The largest absolute Gasteiger partial charge is 0.496 e. The quantitative estimate of drug-likeness (QED) is 0.894. The summed E-state index contributed by atoms with van der Waals surface area (Å²) in [4.78, 5) is 15.3. The van der Waals surface area contributed by atoms with Gasteiger partial charge in [0, 0.05) is 23.6 Å². The molecule has 4 nitrogen and oxygen atoms in total. The number of carbonyl (C=O) groups excluding carboxylic acids is 1. The summed E-state index contributed by atoms with van der Waals surface area (Å²) in [5.41, 5.74) is 8.00. The molecule has 2 aromatic rings. The zero-order chi connectivity index (χ0) is 13.1. The lowest BCUT2D eigenvalue weighted by atomic mass is 10.1. The summed E-state index contributed by atoms with van der Waals surface area (Å²) in [6, 6.07) is 7.83. The average Bonchev–Trinajstić information content (AvgIpc) is 2.34. The molecule has 0 fully saturated rings. The Bertz CT molecular complexity index is 594. The molecule has 18 heavy (non-hydrogen) atoms. The molecule has 0 unspecified atom stereocenters. The summed E-state index contributed by atoms with van der Waals surface area (Å²) in [6.45, 7) is 1.93. The fourth-order valence-electron chi connectivity index (χ4n) is 1.96. The Morgan fingerprint density at radius 3 is 2.83 bits per heavy atom. The summed E-state index contributed by atoms with van der Waals surface area (Å²) in [5.74, 6) is 0.531. The molecule has 94 valence electrons. The normalized spacial score (nSPS) is 10.6. The predicted molar refractivity (Wildman–Crippen MR) is 70.5 cm³/mol. The Kier molecular flexibility index (Phi) is 3.46. The smallest absolute Gasteiger partial charge is 0.217 e. The first-order chi connectivity index (χ1) is 8.60. The van der Waals surface area contributed by atoms with Crippen molar-refractivity contribution in [3.8, 4) is 5.75 Å². The van der Waals surface area contributed by atoms with Gasteiger partial charge in [0.25, 0.3) is 0 Å². The van der Waals surface area contributed by atoms with Gasteiger partial charge in [0.2, 0.25) is 5.91 Å². The number of fused-ring (bicyclic) bond motifs is 1. The first kappa shape index (κ1) is 12.4. The lowest BCUT2D eigenvalue weighted by molar-refractivity contribution is -0.117. The van der Waals surface area contributed by atoms with Gasteiger partial charge in [-0.25, -0.2) is 0 Å². The van der Waals surface area contributed by atoms with Gasteiger partial charge >= 0.3 is 0 Å². The van der Waals surface area contributed by atoms with E-state index < -0.39 is 0 Å². The third-order valence-electron chi connectivity index (χ3n) is 2.84. The number of aromatic nitrogens is 1. The molecule has 1 aromatic carbocycles. The molecule has 0 atom stereocenters. The SMILES string of the molecule is COc1cc(C)nc2cc(CCC(N)=O)ccc12. The molecule has 1 amide bonds. The van der Waals surface area contributed by atoms with Gasteiger partial charge in [-0.2, -0.15) is 0 Å². The molecule has 2 rings (SSSR count). The Labute approximate surface area is 106 Å². The van der Waals surface area contributed by atoms with Crippen molar-refractivity contribution >= 4 is 16.8 Å². The van der Waals surface area contributed by atoms with Crippen molar-refractivity contribution in [3.63, 3.8) is 0 Å². The van der Waals surface area contributed by atoms with Crippen molar-refractivity contribution in [3.05, 3.63) is 35.5 Å². The molecule has 0 saturated carbocycles. The second-order valence-electron chi connectivity index (χ2n) is 4.28. The molecule has 0 saturated heterocycles. The molecule has 1 heterocycles. The van der Waals surface area contributed by atoms with E-state index in [9.17, 15) is 4.79 Å². The molecule has 0 bridgehead atoms. The van der Waals surface area contributed by atoms with Gasteiger partial charge in [0.1, 0.15) is 5.75 Å². The monoisotopic (exact) mass is 244 g/mol. The van der Waals surface area contributed by atoms with E-state index in [-0.39, 0.29) is 5.91 Å². The number of nitrogens with zero attached hydrogens (tertiary/aromatic N) is 1. The van der Waals surface area contributed by atoms with Gasteiger partial charge in [-0.15, -0.1) is 0 Å². The number of hydrogen-bond donors (Lipinski definition) is 1. The van der Waals surface area contributed by atoms with E-state index in [4.69, 9.17) is 10.5 Å². The number of pyridine rings is 1. The maximum absolute atomic E-state index is 10.8. The van der Waals surface area contributed by atoms with Crippen LogP contribution >= 0.6 is 0 Å². The van der Waals surface area contributed by atoms with Gasteiger partial charge in [0.15, 0.2) is 0 Å². The van der Waals surface area contributed by atoms with Crippen LogP contribution in [0, 0.1) is 6.92 Å². The van der Waals surface area contributed by atoms with E-state index in [1.807, 2.05) is 31.2 Å². The van der Waals surface area contributed by atoms with Crippen molar-refractivity contribution in [2.24, 2.45) is 5.73 Å². The standard InChI is InChI=1S/C14H16N2O2/c1-9-7-13(18-2)11-5-3-10(4-6-14(15)17)8-12(11)16-9/h3,5,7-8H,4,6H2,1-2H3,(H2,15,17). The lowest BCUT2D eigenvalue weighted by Gasteiger charge is -2.08. The highest BCUT2D eigenvalue weighted by atomic mass is 16.5. The molecular weight excluding hydrogens is 228 g/mol. The van der Waals surface area contributed by atoms with E-state index in [2.05, 4.69) is 4.98 Å². The van der Waals surface area contributed by atoms with Gasteiger partial charge in [-0.3, -0.25) is 9.78 Å². The zero-order valence-electron chi connectivity index (χ0n) is 10.6. The van der Waals surface area contributed by atoms with Crippen LogP contribution in [0.2, 0.25) is 0 Å². The number of ether oxygens (including phenoxy) is 1. The molecular formula is C14H16N2O2. The van der Waals surface area contributed by atoms with Crippen LogP contribution in [0.4, 0.5) is 0 Å². The molecule has 2 N–H and O–H groups in total. The van der Waals surface area contributed by atoms with Crippen molar-refractivity contribution in [2.75, 3.05) is 7.11 Å². The van der Waals surface area contributed by atoms with Crippen LogP contribution in [0.3, 0.4) is 0 Å². The van der Waals surface area contributed by atoms with Gasteiger partial charge < -0.3 is 10.5 Å². The van der Waals surface area contributed by atoms with Crippen LogP contribution in [-0.4, -0.2) is 18.0 Å².